The molecule has 20 heavy (non-hydrogen) atoms. The van der Waals surface area contributed by atoms with E-state index in [1.807, 2.05) is 6.07 Å². The second kappa shape index (κ2) is 4.86. The predicted molar refractivity (Wildman–Crippen MR) is 75.9 cm³/mol. The Labute approximate surface area is 117 Å². The van der Waals surface area contributed by atoms with Crippen molar-refractivity contribution in [1.29, 1.82) is 5.26 Å². The largest absolute Gasteiger partial charge is 0.368 e. The Balaban J connectivity index is 1.87. The molecule has 0 bridgehead atoms. The molecule has 0 radical (unpaired) electrons. The second-order valence-electron chi connectivity index (χ2n) is 5.22. The number of fused-ring (bicyclic) bond motifs is 1. The van der Waals surface area contributed by atoms with Crippen LogP contribution >= 0.6 is 0 Å². The van der Waals surface area contributed by atoms with Gasteiger partial charge < -0.3 is 5.32 Å². The molecule has 1 saturated carbocycles. The third kappa shape index (κ3) is 1.98. The fraction of sp³-hybridized carbons (Fsp3) is 0.400. The monoisotopic (exact) mass is 265 g/mol. The molecule has 0 aliphatic heterocycles. The van der Waals surface area contributed by atoms with Crippen LogP contribution in [0.5, 0.6) is 0 Å². The van der Waals surface area contributed by atoms with E-state index in [2.05, 4.69) is 27.4 Å². The van der Waals surface area contributed by atoms with Gasteiger partial charge in [0, 0.05) is 18.2 Å². The Hall–Kier alpha value is -2.53. The summed E-state index contributed by atoms with van der Waals surface area (Å²) in [5, 5.41) is 16.6. The molecule has 0 saturated heterocycles. The van der Waals surface area contributed by atoms with E-state index in [1.54, 1.807) is 10.7 Å². The molecular formula is C15H15N5. The molecule has 2 heterocycles. The smallest absolute Gasteiger partial charge is 0.175 e. The fourth-order valence-corrected chi connectivity index (χ4v) is 2.79. The van der Waals surface area contributed by atoms with Crippen LogP contribution in [-0.2, 0) is 0 Å². The van der Waals surface area contributed by atoms with Gasteiger partial charge in [-0.2, -0.15) is 14.9 Å². The molecule has 0 aromatic carbocycles. The minimum Gasteiger partial charge on any atom is -0.368 e. The van der Waals surface area contributed by atoms with E-state index < -0.39 is 0 Å². The highest BCUT2D eigenvalue weighted by atomic mass is 15.3. The van der Waals surface area contributed by atoms with Crippen molar-refractivity contribution >= 4 is 11.5 Å². The summed E-state index contributed by atoms with van der Waals surface area (Å²) >= 11 is 0. The van der Waals surface area contributed by atoms with Gasteiger partial charge in [0.1, 0.15) is 17.5 Å². The Morgan fingerprint density at radius 3 is 2.95 bits per heavy atom. The number of hydrogen-bond donors (Lipinski definition) is 1. The van der Waals surface area contributed by atoms with E-state index in [1.165, 1.54) is 19.0 Å². The first-order valence-corrected chi connectivity index (χ1v) is 6.72. The van der Waals surface area contributed by atoms with Gasteiger partial charge in [-0.15, -0.1) is 6.42 Å². The number of anilines is 1. The summed E-state index contributed by atoms with van der Waals surface area (Å²) in [6.07, 6.45) is 13.4. The van der Waals surface area contributed by atoms with Crippen molar-refractivity contribution in [2.45, 2.75) is 25.7 Å². The zero-order chi connectivity index (χ0) is 14.0. The molecule has 1 N–H and O–H groups in total. The molecule has 0 spiro atoms. The number of aromatic nitrogens is 3. The Morgan fingerprint density at radius 1 is 1.45 bits per heavy atom. The molecule has 1 fully saturated rings. The SMILES string of the molecule is C#CC1(CNc2ccnc3c(C#N)cnn23)CCCC1. The molecular weight excluding hydrogens is 250 g/mol. The molecule has 100 valence electrons. The highest BCUT2D eigenvalue weighted by Crippen LogP contribution is 2.37. The van der Waals surface area contributed by atoms with Crippen LogP contribution in [0.25, 0.3) is 5.65 Å². The molecule has 5 heteroatoms. The van der Waals surface area contributed by atoms with Crippen LogP contribution in [0, 0.1) is 29.1 Å². The van der Waals surface area contributed by atoms with Gasteiger partial charge in [0.2, 0.25) is 0 Å². The summed E-state index contributed by atoms with van der Waals surface area (Å²) in [4.78, 5) is 4.19. The van der Waals surface area contributed by atoms with Crippen LogP contribution in [-0.4, -0.2) is 21.1 Å². The molecule has 2 aromatic rings. The maximum Gasteiger partial charge on any atom is 0.175 e. The summed E-state index contributed by atoms with van der Waals surface area (Å²) in [6, 6.07) is 3.93. The molecule has 2 aromatic heterocycles. The van der Waals surface area contributed by atoms with Crippen molar-refractivity contribution in [3.8, 4) is 18.4 Å². The number of nitrogens with zero attached hydrogens (tertiary/aromatic N) is 4. The molecule has 0 amide bonds. The van der Waals surface area contributed by atoms with Gasteiger partial charge >= 0.3 is 0 Å². The Morgan fingerprint density at radius 2 is 2.25 bits per heavy atom. The average Bonchev–Trinajstić information content (AvgIpc) is 3.12. The number of terminal acetylenes is 1. The van der Waals surface area contributed by atoms with E-state index in [9.17, 15) is 0 Å². The van der Waals surface area contributed by atoms with Crippen molar-refractivity contribution in [3.05, 3.63) is 24.0 Å². The van der Waals surface area contributed by atoms with Gasteiger partial charge in [-0.1, -0.05) is 18.8 Å². The lowest BCUT2D eigenvalue weighted by Crippen LogP contribution is -2.25. The summed E-state index contributed by atoms with van der Waals surface area (Å²) in [5.74, 6) is 3.77. The third-order valence-corrected chi connectivity index (χ3v) is 4.00. The standard InChI is InChI=1S/C15H15N5/c1-2-15(6-3-4-7-15)11-18-13-5-8-17-14-12(9-16)10-19-20(13)14/h1,5,8,10,18H,3-4,6-7,11H2. The molecule has 1 aliphatic rings. The van der Waals surface area contributed by atoms with Crippen molar-refractivity contribution in [2.75, 3.05) is 11.9 Å². The lowest BCUT2D eigenvalue weighted by molar-refractivity contribution is 0.443. The van der Waals surface area contributed by atoms with E-state index in [0.29, 0.717) is 11.2 Å². The lowest BCUT2D eigenvalue weighted by Gasteiger charge is -2.23. The normalized spacial score (nSPS) is 16.7. The van der Waals surface area contributed by atoms with E-state index in [0.717, 1.165) is 25.2 Å². The first-order chi connectivity index (χ1) is 9.78. The van der Waals surface area contributed by atoms with Crippen molar-refractivity contribution < 1.29 is 0 Å². The number of nitriles is 1. The topological polar surface area (TPSA) is 66.0 Å². The summed E-state index contributed by atoms with van der Waals surface area (Å²) < 4.78 is 1.65. The molecule has 0 atom stereocenters. The minimum absolute atomic E-state index is 0.0548. The quantitative estimate of drug-likeness (QED) is 0.864. The maximum absolute atomic E-state index is 9.01. The third-order valence-electron chi connectivity index (χ3n) is 4.00. The van der Waals surface area contributed by atoms with Crippen LogP contribution in [0.1, 0.15) is 31.2 Å². The molecule has 0 unspecified atom stereocenters. The average molecular weight is 265 g/mol. The van der Waals surface area contributed by atoms with Crippen LogP contribution in [0.4, 0.5) is 5.82 Å². The predicted octanol–water partition coefficient (Wildman–Crippen LogP) is 2.21. The van der Waals surface area contributed by atoms with Gasteiger partial charge in [-0.3, -0.25) is 0 Å². The zero-order valence-corrected chi connectivity index (χ0v) is 11.1. The van der Waals surface area contributed by atoms with Crippen LogP contribution in [0.2, 0.25) is 0 Å². The van der Waals surface area contributed by atoms with Crippen LogP contribution in [0.3, 0.4) is 0 Å². The van der Waals surface area contributed by atoms with Gasteiger partial charge in [0.15, 0.2) is 5.65 Å². The highest BCUT2D eigenvalue weighted by molar-refractivity contribution is 5.57. The minimum atomic E-state index is -0.0548. The first kappa shape index (κ1) is 12.5. The number of nitrogens with one attached hydrogen (secondary N) is 1. The van der Waals surface area contributed by atoms with E-state index in [-0.39, 0.29) is 5.41 Å². The number of rotatable bonds is 3. The van der Waals surface area contributed by atoms with Crippen molar-refractivity contribution in [1.82, 2.24) is 14.6 Å². The van der Waals surface area contributed by atoms with Crippen molar-refractivity contribution in [2.24, 2.45) is 5.41 Å². The van der Waals surface area contributed by atoms with Gasteiger partial charge in [0.25, 0.3) is 0 Å². The van der Waals surface area contributed by atoms with Gasteiger partial charge in [0.05, 0.1) is 6.20 Å². The highest BCUT2D eigenvalue weighted by Gasteiger charge is 2.31. The molecule has 1 aliphatic carbocycles. The molecule has 5 nitrogen and oxygen atoms in total. The zero-order valence-electron chi connectivity index (χ0n) is 11.1. The summed E-state index contributed by atoms with van der Waals surface area (Å²) in [7, 11) is 0. The fourth-order valence-electron chi connectivity index (χ4n) is 2.79. The summed E-state index contributed by atoms with van der Waals surface area (Å²) in [5.41, 5.74) is 0.987. The van der Waals surface area contributed by atoms with Gasteiger partial charge in [-0.05, 0) is 18.9 Å². The second-order valence-corrected chi connectivity index (χ2v) is 5.22. The Kier molecular flexibility index (Phi) is 3.04. The van der Waals surface area contributed by atoms with Gasteiger partial charge in [-0.25, -0.2) is 4.98 Å². The van der Waals surface area contributed by atoms with E-state index >= 15 is 0 Å². The van der Waals surface area contributed by atoms with Crippen LogP contribution < -0.4 is 5.32 Å². The maximum atomic E-state index is 9.01. The lowest BCUT2D eigenvalue weighted by atomic mass is 9.87. The number of hydrogen-bond acceptors (Lipinski definition) is 4. The van der Waals surface area contributed by atoms with E-state index in [4.69, 9.17) is 11.7 Å². The van der Waals surface area contributed by atoms with Crippen molar-refractivity contribution in [3.63, 3.8) is 0 Å². The first-order valence-electron chi connectivity index (χ1n) is 6.72. The van der Waals surface area contributed by atoms with Crippen LogP contribution in [0.15, 0.2) is 18.5 Å². The summed E-state index contributed by atoms with van der Waals surface area (Å²) in [6.45, 7) is 0.727. The molecule has 3 rings (SSSR count). The Bertz CT molecular complexity index is 710.